The molecule has 1 nitrogen and oxygen atoms in total. The first kappa shape index (κ1) is 12.3. The topological polar surface area (TPSA) is 9.23 Å². The van der Waals surface area contributed by atoms with Crippen LogP contribution in [0, 0.1) is 0 Å². The molecule has 0 heterocycles. The van der Waals surface area contributed by atoms with Gasteiger partial charge in [-0.1, -0.05) is 42.5 Å². The molecule has 19 heavy (non-hydrogen) atoms. The van der Waals surface area contributed by atoms with Crippen molar-refractivity contribution in [3.05, 3.63) is 65.2 Å². The van der Waals surface area contributed by atoms with Crippen molar-refractivity contribution in [2.45, 2.75) is 31.6 Å². The number of rotatable bonds is 3. The summed E-state index contributed by atoms with van der Waals surface area (Å²) in [6.07, 6.45) is 4.85. The average Bonchev–Trinajstić information content (AvgIpc) is 2.48. The van der Waals surface area contributed by atoms with Crippen LogP contribution in [0.3, 0.4) is 0 Å². The summed E-state index contributed by atoms with van der Waals surface area (Å²) in [4.78, 5) is 0. The standard InChI is InChI=1S/C18H20O/c1-19-18-12-6-10-16-15(9-5-11-17(16)18)13-14-7-3-2-4-8-14/h2-4,6-8,10,12,15H,5,9,11,13H2,1H3/t15-/m0/s1. The van der Waals surface area contributed by atoms with Gasteiger partial charge in [0.05, 0.1) is 7.11 Å². The summed E-state index contributed by atoms with van der Waals surface area (Å²) in [6, 6.07) is 17.3. The van der Waals surface area contributed by atoms with Crippen molar-refractivity contribution in [1.82, 2.24) is 0 Å². The van der Waals surface area contributed by atoms with Gasteiger partial charge < -0.3 is 4.74 Å². The summed E-state index contributed by atoms with van der Waals surface area (Å²) in [5.41, 5.74) is 4.36. The van der Waals surface area contributed by atoms with Gasteiger partial charge in [-0.05, 0) is 54.4 Å². The Morgan fingerprint density at radius 3 is 2.68 bits per heavy atom. The van der Waals surface area contributed by atoms with Crippen LogP contribution in [0.25, 0.3) is 0 Å². The molecule has 0 spiro atoms. The number of methoxy groups -OCH3 is 1. The second kappa shape index (κ2) is 5.48. The minimum absolute atomic E-state index is 0.640. The normalized spacial score (nSPS) is 17.8. The molecule has 0 bridgehead atoms. The van der Waals surface area contributed by atoms with Crippen molar-refractivity contribution in [1.29, 1.82) is 0 Å². The number of ether oxygens (including phenoxy) is 1. The van der Waals surface area contributed by atoms with E-state index < -0.39 is 0 Å². The molecule has 0 fully saturated rings. The molecule has 0 radical (unpaired) electrons. The van der Waals surface area contributed by atoms with Gasteiger partial charge in [-0.25, -0.2) is 0 Å². The quantitative estimate of drug-likeness (QED) is 0.788. The number of hydrogen-bond donors (Lipinski definition) is 0. The summed E-state index contributed by atoms with van der Waals surface area (Å²) in [5, 5.41) is 0. The lowest BCUT2D eigenvalue weighted by Crippen LogP contribution is -2.13. The third-order valence-corrected chi connectivity index (χ3v) is 4.13. The van der Waals surface area contributed by atoms with E-state index in [4.69, 9.17) is 4.74 Å². The SMILES string of the molecule is COc1cccc2c1CCC[C@H]2Cc1ccccc1. The fourth-order valence-corrected chi connectivity index (χ4v) is 3.22. The lowest BCUT2D eigenvalue weighted by molar-refractivity contribution is 0.402. The minimum Gasteiger partial charge on any atom is -0.496 e. The molecular formula is C18H20O. The highest BCUT2D eigenvalue weighted by Gasteiger charge is 2.22. The van der Waals surface area contributed by atoms with E-state index in [0.29, 0.717) is 5.92 Å². The summed E-state index contributed by atoms with van der Waals surface area (Å²) < 4.78 is 5.51. The molecule has 1 aliphatic rings. The van der Waals surface area contributed by atoms with Crippen molar-refractivity contribution in [3.8, 4) is 5.75 Å². The van der Waals surface area contributed by atoms with Crippen LogP contribution in [0.5, 0.6) is 5.75 Å². The first-order valence-electron chi connectivity index (χ1n) is 7.08. The Kier molecular flexibility index (Phi) is 3.54. The lowest BCUT2D eigenvalue weighted by atomic mass is 9.79. The van der Waals surface area contributed by atoms with Gasteiger partial charge in [0.15, 0.2) is 0 Å². The zero-order valence-corrected chi connectivity index (χ0v) is 11.4. The molecule has 0 N–H and O–H groups in total. The molecule has 3 rings (SSSR count). The highest BCUT2D eigenvalue weighted by Crippen LogP contribution is 2.38. The monoisotopic (exact) mass is 252 g/mol. The Bertz CT molecular complexity index is 545. The highest BCUT2D eigenvalue weighted by atomic mass is 16.5. The summed E-state index contributed by atoms with van der Waals surface area (Å²) in [5.74, 6) is 1.71. The maximum Gasteiger partial charge on any atom is 0.122 e. The van der Waals surface area contributed by atoms with Crippen LogP contribution in [0.1, 0.15) is 35.4 Å². The van der Waals surface area contributed by atoms with Gasteiger partial charge in [0.1, 0.15) is 5.75 Å². The van der Waals surface area contributed by atoms with Gasteiger partial charge in [0, 0.05) is 0 Å². The number of hydrogen-bond acceptors (Lipinski definition) is 1. The van der Waals surface area contributed by atoms with E-state index in [0.717, 1.165) is 18.6 Å². The van der Waals surface area contributed by atoms with Gasteiger partial charge in [-0.2, -0.15) is 0 Å². The Balaban J connectivity index is 1.90. The van der Waals surface area contributed by atoms with Gasteiger partial charge in [-0.3, -0.25) is 0 Å². The zero-order chi connectivity index (χ0) is 13.1. The maximum atomic E-state index is 5.51. The van der Waals surface area contributed by atoms with Gasteiger partial charge in [0.2, 0.25) is 0 Å². The van der Waals surface area contributed by atoms with E-state index in [9.17, 15) is 0 Å². The van der Waals surface area contributed by atoms with Gasteiger partial charge in [-0.15, -0.1) is 0 Å². The van der Waals surface area contributed by atoms with E-state index in [1.54, 1.807) is 7.11 Å². The molecule has 2 aromatic carbocycles. The van der Waals surface area contributed by atoms with E-state index in [-0.39, 0.29) is 0 Å². The third kappa shape index (κ3) is 2.51. The predicted octanol–water partition coefficient (Wildman–Crippen LogP) is 4.36. The molecule has 0 amide bonds. The number of fused-ring (bicyclic) bond motifs is 1. The van der Waals surface area contributed by atoms with Crippen LogP contribution < -0.4 is 4.74 Å². The second-order valence-electron chi connectivity index (χ2n) is 5.31. The molecule has 2 aromatic rings. The molecule has 0 aromatic heterocycles. The van der Waals surface area contributed by atoms with E-state index in [1.165, 1.54) is 29.5 Å². The molecular weight excluding hydrogens is 232 g/mol. The average molecular weight is 252 g/mol. The first-order valence-corrected chi connectivity index (χ1v) is 7.08. The maximum absolute atomic E-state index is 5.51. The predicted molar refractivity (Wildman–Crippen MR) is 78.8 cm³/mol. The van der Waals surface area contributed by atoms with E-state index in [1.807, 2.05) is 0 Å². The van der Waals surface area contributed by atoms with Crippen molar-refractivity contribution in [2.24, 2.45) is 0 Å². The molecule has 1 aliphatic carbocycles. The minimum atomic E-state index is 0.640. The van der Waals surface area contributed by atoms with Crippen LogP contribution in [0.15, 0.2) is 48.5 Å². The number of benzene rings is 2. The fourth-order valence-electron chi connectivity index (χ4n) is 3.22. The largest absolute Gasteiger partial charge is 0.496 e. The third-order valence-electron chi connectivity index (χ3n) is 4.13. The highest BCUT2D eigenvalue weighted by molar-refractivity contribution is 5.44. The van der Waals surface area contributed by atoms with Gasteiger partial charge >= 0.3 is 0 Å². The fraction of sp³-hybridized carbons (Fsp3) is 0.333. The molecule has 1 atom stereocenters. The van der Waals surface area contributed by atoms with E-state index in [2.05, 4.69) is 48.5 Å². The van der Waals surface area contributed by atoms with E-state index >= 15 is 0 Å². The molecule has 0 saturated heterocycles. The molecule has 0 aliphatic heterocycles. The van der Waals surface area contributed by atoms with Crippen molar-refractivity contribution < 1.29 is 4.74 Å². The Morgan fingerprint density at radius 2 is 1.89 bits per heavy atom. The Morgan fingerprint density at radius 1 is 1.05 bits per heavy atom. The zero-order valence-electron chi connectivity index (χ0n) is 11.4. The van der Waals surface area contributed by atoms with Crippen molar-refractivity contribution in [2.75, 3.05) is 7.11 Å². The molecule has 1 heteroatoms. The van der Waals surface area contributed by atoms with Crippen LogP contribution in [0.4, 0.5) is 0 Å². The Labute approximate surface area is 115 Å². The lowest BCUT2D eigenvalue weighted by Gasteiger charge is -2.27. The molecule has 0 saturated carbocycles. The first-order chi connectivity index (χ1) is 9.38. The second-order valence-corrected chi connectivity index (χ2v) is 5.31. The van der Waals surface area contributed by atoms with Crippen LogP contribution in [-0.4, -0.2) is 7.11 Å². The van der Waals surface area contributed by atoms with Crippen molar-refractivity contribution in [3.63, 3.8) is 0 Å². The van der Waals surface area contributed by atoms with Crippen molar-refractivity contribution >= 4 is 0 Å². The van der Waals surface area contributed by atoms with Gasteiger partial charge in [0.25, 0.3) is 0 Å². The molecule has 98 valence electrons. The summed E-state index contributed by atoms with van der Waals surface area (Å²) in [7, 11) is 1.77. The summed E-state index contributed by atoms with van der Waals surface area (Å²) >= 11 is 0. The van der Waals surface area contributed by atoms with Crippen LogP contribution in [-0.2, 0) is 12.8 Å². The molecule has 0 unspecified atom stereocenters. The van der Waals surface area contributed by atoms with Crippen LogP contribution >= 0.6 is 0 Å². The Hall–Kier alpha value is -1.76. The van der Waals surface area contributed by atoms with Crippen LogP contribution in [0.2, 0.25) is 0 Å². The summed E-state index contributed by atoms with van der Waals surface area (Å²) in [6.45, 7) is 0. The smallest absolute Gasteiger partial charge is 0.122 e.